The second kappa shape index (κ2) is 6.21. The van der Waals surface area contributed by atoms with Gasteiger partial charge in [-0.2, -0.15) is 0 Å². The Bertz CT molecular complexity index is 456. The molecule has 1 amide bonds. The van der Waals surface area contributed by atoms with E-state index in [-0.39, 0.29) is 17.3 Å². The minimum Gasteiger partial charge on any atom is -0.327 e. The third kappa shape index (κ3) is 3.43. The fourth-order valence-corrected chi connectivity index (χ4v) is 1.56. The highest BCUT2D eigenvalue weighted by molar-refractivity contribution is 6.32. The summed E-state index contributed by atoms with van der Waals surface area (Å²) in [5, 5.41) is -0.0190. The third-order valence-corrected chi connectivity index (χ3v) is 2.40. The van der Waals surface area contributed by atoms with Crippen molar-refractivity contribution >= 4 is 17.5 Å². The quantitative estimate of drug-likeness (QED) is 0.610. The van der Waals surface area contributed by atoms with Crippen LogP contribution in [0.5, 0.6) is 0 Å². The van der Waals surface area contributed by atoms with Crippen molar-refractivity contribution in [2.45, 2.75) is 13.3 Å². The molecular weight excluding hydrogens is 243 g/mol. The fraction of sp³-hybridized carbons (Fsp3) is 0.333. The Balaban J connectivity index is 3.00. The lowest BCUT2D eigenvalue weighted by atomic mass is 10.2. The first kappa shape index (κ1) is 13.5. The average Bonchev–Trinajstić information content (AvgIpc) is 2.31. The predicted octanol–water partition coefficient (Wildman–Crippen LogP) is 2.36. The summed E-state index contributed by atoms with van der Waals surface area (Å²) in [4.78, 5) is 17.1. The lowest BCUT2D eigenvalue weighted by molar-refractivity contribution is 0.0776. The Morgan fingerprint density at radius 2 is 2.41 bits per heavy atom. The molecule has 90 valence electrons. The van der Waals surface area contributed by atoms with Gasteiger partial charge < -0.3 is 4.90 Å². The monoisotopic (exact) mass is 254 g/mol. The molecule has 0 saturated heterocycles. The van der Waals surface area contributed by atoms with E-state index in [2.05, 4.69) is 10.9 Å². The number of pyridine rings is 1. The first-order valence-corrected chi connectivity index (χ1v) is 5.51. The van der Waals surface area contributed by atoms with E-state index in [0.717, 1.165) is 18.7 Å². The van der Waals surface area contributed by atoms with Crippen molar-refractivity contribution in [2.75, 3.05) is 13.1 Å². The van der Waals surface area contributed by atoms with E-state index in [9.17, 15) is 9.18 Å². The summed E-state index contributed by atoms with van der Waals surface area (Å²) < 4.78 is 13.0. The zero-order valence-corrected chi connectivity index (χ0v) is 10.2. The molecule has 0 aliphatic heterocycles. The SMILES string of the molecule is C#CCN(CCC)C(=O)c1cc(F)cnc1Cl. The molecule has 0 aliphatic rings. The third-order valence-electron chi connectivity index (χ3n) is 2.10. The van der Waals surface area contributed by atoms with Crippen LogP contribution in [0.25, 0.3) is 0 Å². The van der Waals surface area contributed by atoms with Crippen LogP contribution in [-0.2, 0) is 0 Å². The number of carbonyl (C=O) groups excluding carboxylic acids is 1. The zero-order chi connectivity index (χ0) is 12.8. The van der Waals surface area contributed by atoms with E-state index in [0.29, 0.717) is 6.54 Å². The minimum atomic E-state index is -0.602. The van der Waals surface area contributed by atoms with Gasteiger partial charge >= 0.3 is 0 Å². The molecule has 1 heterocycles. The topological polar surface area (TPSA) is 33.2 Å². The van der Waals surface area contributed by atoms with E-state index in [1.54, 1.807) is 0 Å². The van der Waals surface area contributed by atoms with Crippen molar-refractivity contribution in [3.05, 3.63) is 28.8 Å². The van der Waals surface area contributed by atoms with Crippen LogP contribution in [0.4, 0.5) is 4.39 Å². The number of hydrogen-bond donors (Lipinski definition) is 0. The molecule has 0 N–H and O–H groups in total. The highest BCUT2D eigenvalue weighted by Crippen LogP contribution is 2.16. The van der Waals surface area contributed by atoms with Crippen molar-refractivity contribution < 1.29 is 9.18 Å². The summed E-state index contributed by atoms with van der Waals surface area (Å²) in [6.07, 6.45) is 6.90. The van der Waals surface area contributed by atoms with Crippen LogP contribution >= 0.6 is 11.6 Å². The number of hydrogen-bond acceptors (Lipinski definition) is 2. The van der Waals surface area contributed by atoms with Crippen molar-refractivity contribution in [3.63, 3.8) is 0 Å². The summed E-state index contributed by atoms with van der Waals surface area (Å²) >= 11 is 5.76. The number of halogens is 2. The van der Waals surface area contributed by atoms with Crippen LogP contribution in [0.2, 0.25) is 5.15 Å². The predicted molar refractivity (Wildman–Crippen MR) is 64.2 cm³/mol. The number of rotatable bonds is 4. The molecule has 0 fully saturated rings. The van der Waals surface area contributed by atoms with Gasteiger partial charge in [0.15, 0.2) is 0 Å². The normalized spacial score (nSPS) is 9.76. The summed E-state index contributed by atoms with van der Waals surface area (Å²) in [6, 6.07) is 1.07. The Kier molecular flexibility index (Phi) is 4.92. The van der Waals surface area contributed by atoms with Gasteiger partial charge in [-0.05, 0) is 12.5 Å². The zero-order valence-electron chi connectivity index (χ0n) is 9.41. The van der Waals surface area contributed by atoms with Gasteiger partial charge in [-0.3, -0.25) is 4.79 Å². The first-order chi connectivity index (χ1) is 8.10. The number of aromatic nitrogens is 1. The van der Waals surface area contributed by atoms with E-state index < -0.39 is 11.7 Å². The minimum absolute atomic E-state index is 0.0190. The largest absolute Gasteiger partial charge is 0.327 e. The van der Waals surface area contributed by atoms with Crippen molar-refractivity contribution in [1.82, 2.24) is 9.88 Å². The molecule has 0 bridgehead atoms. The van der Waals surface area contributed by atoms with E-state index >= 15 is 0 Å². The molecule has 5 heteroatoms. The second-order valence-corrected chi connectivity index (χ2v) is 3.78. The molecule has 0 saturated carbocycles. The fourth-order valence-electron chi connectivity index (χ4n) is 1.38. The maximum absolute atomic E-state index is 13.0. The number of carbonyl (C=O) groups is 1. The van der Waals surface area contributed by atoms with E-state index in [1.165, 1.54) is 4.90 Å². The smallest absolute Gasteiger partial charge is 0.257 e. The summed E-state index contributed by atoms with van der Waals surface area (Å²) in [5.74, 6) is 1.38. The molecule has 1 rings (SSSR count). The lowest BCUT2D eigenvalue weighted by Gasteiger charge is -2.19. The lowest BCUT2D eigenvalue weighted by Crippen LogP contribution is -2.32. The number of terminal acetylenes is 1. The molecule has 0 aromatic carbocycles. The number of nitrogens with zero attached hydrogens (tertiary/aromatic N) is 2. The first-order valence-electron chi connectivity index (χ1n) is 5.14. The summed E-state index contributed by atoms with van der Waals surface area (Å²) in [7, 11) is 0. The molecule has 0 unspecified atom stereocenters. The molecule has 0 radical (unpaired) electrons. The Hall–Kier alpha value is -1.60. The maximum Gasteiger partial charge on any atom is 0.257 e. The van der Waals surface area contributed by atoms with Gasteiger partial charge in [0.2, 0.25) is 0 Å². The maximum atomic E-state index is 13.0. The van der Waals surface area contributed by atoms with Gasteiger partial charge in [0.1, 0.15) is 11.0 Å². The molecule has 17 heavy (non-hydrogen) atoms. The van der Waals surface area contributed by atoms with Gasteiger partial charge in [0, 0.05) is 6.54 Å². The molecule has 0 aliphatic carbocycles. The highest BCUT2D eigenvalue weighted by Gasteiger charge is 2.18. The highest BCUT2D eigenvalue weighted by atomic mass is 35.5. The molecule has 0 spiro atoms. The Morgan fingerprint density at radius 1 is 1.71 bits per heavy atom. The number of amides is 1. The van der Waals surface area contributed by atoms with Crippen LogP contribution in [0, 0.1) is 18.2 Å². The van der Waals surface area contributed by atoms with Crippen LogP contribution in [0.1, 0.15) is 23.7 Å². The van der Waals surface area contributed by atoms with Crippen LogP contribution in [-0.4, -0.2) is 28.9 Å². The van der Waals surface area contributed by atoms with Gasteiger partial charge in [0.05, 0.1) is 18.3 Å². The molecular formula is C12H12ClFN2O. The van der Waals surface area contributed by atoms with Gasteiger partial charge in [-0.15, -0.1) is 6.42 Å². The van der Waals surface area contributed by atoms with Crippen LogP contribution < -0.4 is 0 Å². The van der Waals surface area contributed by atoms with Gasteiger partial charge in [-0.1, -0.05) is 24.4 Å². The van der Waals surface area contributed by atoms with Crippen LogP contribution in [0.3, 0.4) is 0 Å². The molecule has 1 aromatic rings. The Morgan fingerprint density at radius 3 is 3.00 bits per heavy atom. The van der Waals surface area contributed by atoms with E-state index in [4.69, 9.17) is 18.0 Å². The summed E-state index contributed by atoms with van der Waals surface area (Å²) in [6.45, 7) is 2.58. The van der Waals surface area contributed by atoms with E-state index in [1.807, 2.05) is 6.92 Å². The van der Waals surface area contributed by atoms with Gasteiger partial charge in [0.25, 0.3) is 5.91 Å². The van der Waals surface area contributed by atoms with Gasteiger partial charge in [-0.25, -0.2) is 9.37 Å². The van der Waals surface area contributed by atoms with Crippen molar-refractivity contribution in [2.24, 2.45) is 0 Å². The van der Waals surface area contributed by atoms with Crippen LogP contribution in [0.15, 0.2) is 12.3 Å². The average molecular weight is 255 g/mol. The molecule has 0 atom stereocenters. The standard InChI is InChI=1S/C12H12ClFN2O/c1-3-5-16(6-4-2)12(17)10-7-9(14)8-15-11(10)13/h1,7-8H,4-6H2,2H3. The van der Waals surface area contributed by atoms with Crippen molar-refractivity contribution in [1.29, 1.82) is 0 Å². The summed E-state index contributed by atoms with van der Waals surface area (Å²) in [5.41, 5.74) is 0.0374. The van der Waals surface area contributed by atoms with Crippen molar-refractivity contribution in [3.8, 4) is 12.3 Å². The Labute approximate surface area is 105 Å². The molecule has 3 nitrogen and oxygen atoms in total. The molecule has 1 aromatic heterocycles. The second-order valence-electron chi connectivity index (χ2n) is 3.42.